The molecule has 0 aliphatic carbocycles. The van der Waals surface area contributed by atoms with Gasteiger partial charge in [-0.2, -0.15) is 0 Å². The Hall–Kier alpha value is -2.65. The van der Waals surface area contributed by atoms with Gasteiger partial charge in [-0.15, -0.1) is 6.42 Å². The van der Waals surface area contributed by atoms with Crippen molar-refractivity contribution in [3.63, 3.8) is 0 Å². The van der Waals surface area contributed by atoms with E-state index in [-0.39, 0.29) is 25.2 Å². The average Bonchev–Trinajstić information content (AvgIpc) is 2.37. The lowest BCUT2D eigenvalue weighted by atomic mass is 10.3. The van der Waals surface area contributed by atoms with Gasteiger partial charge < -0.3 is 5.11 Å². The van der Waals surface area contributed by atoms with Crippen LogP contribution in [0.25, 0.3) is 5.65 Å². The zero-order valence-corrected chi connectivity index (χ0v) is 11.6. The molecule has 6 nitrogen and oxygen atoms in total. The number of carboxylic acids is 1. The fraction of sp³-hybridized carbons (Fsp3) is 0.267. The quantitative estimate of drug-likeness (QED) is 0.811. The van der Waals surface area contributed by atoms with E-state index < -0.39 is 5.97 Å². The summed E-state index contributed by atoms with van der Waals surface area (Å²) >= 11 is 0. The third-order valence-corrected chi connectivity index (χ3v) is 2.94. The highest BCUT2D eigenvalue weighted by Crippen LogP contribution is 2.05. The molecule has 0 aliphatic rings. The van der Waals surface area contributed by atoms with Crippen LogP contribution in [0.5, 0.6) is 0 Å². The normalized spacial score (nSPS) is 10.7. The van der Waals surface area contributed by atoms with Crippen molar-refractivity contribution >= 4 is 11.6 Å². The van der Waals surface area contributed by atoms with E-state index in [1.165, 1.54) is 15.4 Å². The summed E-state index contributed by atoms with van der Waals surface area (Å²) in [6.45, 7) is 2.12. The van der Waals surface area contributed by atoms with Gasteiger partial charge in [0.05, 0.1) is 18.8 Å². The van der Waals surface area contributed by atoms with Gasteiger partial charge in [0.15, 0.2) is 0 Å². The van der Waals surface area contributed by atoms with Gasteiger partial charge in [0.2, 0.25) is 0 Å². The molecule has 0 bridgehead atoms. The van der Waals surface area contributed by atoms with E-state index in [9.17, 15) is 9.59 Å². The van der Waals surface area contributed by atoms with Gasteiger partial charge in [-0.3, -0.25) is 18.9 Å². The number of nitrogens with zero attached hydrogens (tertiary/aromatic N) is 3. The van der Waals surface area contributed by atoms with E-state index in [4.69, 9.17) is 11.5 Å². The van der Waals surface area contributed by atoms with Gasteiger partial charge in [0, 0.05) is 18.8 Å². The maximum Gasteiger partial charge on any atom is 0.317 e. The Labute approximate surface area is 121 Å². The van der Waals surface area contributed by atoms with Crippen LogP contribution in [0, 0.1) is 19.3 Å². The van der Waals surface area contributed by atoms with Crippen LogP contribution in [0.1, 0.15) is 11.3 Å². The Morgan fingerprint density at radius 1 is 1.52 bits per heavy atom. The SMILES string of the molecule is C#CCN(CC(=O)O)Cc1cc(=O)n2ccc(C)cc2n1. The zero-order chi connectivity index (χ0) is 15.4. The molecule has 1 N–H and O–H groups in total. The lowest BCUT2D eigenvalue weighted by molar-refractivity contribution is -0.138. The summed E-state index contributed by atoms with van der Waals surface area (Å²) in [5.41, 5.74) is 1.83. The van der Waals surface area contributed by atoms with Gasteiger partial charge in [-0.25, -0.2) is 4.98 Å². The fourth-order valence-electron chi connectivity index (χ4n) is 2.05. The molecule has 0 amide bonds. The number of aliphatic carboxylic acids is 1. The predicted molar refractivity (Wildman–Crippen MR) is 77.9 cm³/mol. The van der Waals surface area contributed by atoms with Crippen molar-refractivity contribution in [2.75, 3.05) is 13.1 Å². The number of aryl methyl sites for hydroxylation is 1. The van der Waals surface area contributed by atoms with Crippen LogP contribution >= 0.6 is 0 Å². The van der Waals surface area contributed by atoms with Crippen molar-refractivity contribution in [3.05, 3.63) is 46.0 Å². The van der Waals surface area contributed by atoms with E-state index in [2.05, 4.69) is 10.9 Å². The molecule has 0 atom stereocenters. The van der Waals surface area contributed by atoms with Gasteiger partial charge in [0.25, 0.3) is 5.56 Å². The van der Waals surface area contributed by atoms with Crippen molar-refractivity contribution < 1.29 is 9.90 Å². The lowest BCUT2D eigenvalue weighted by Crippen LogP contribution is -2.31. The highest BCUT2D eigenvalue weighted by molar-refractivity contribution is 5.69. The van der Waals surface area contributed by atoms with E-state index in [0.29, 0.717) is 11.3 Å². The molecule has 2 aromatic rings. The molecule has 6 heteroatoms. The van der Waals surface area contributed by atoms with Crippen LogP contribution in [-0.4, -0.2) is 38.4 Å². The summed E-state index contributed by atoms with van der Waals surface area (Å²) in [5, 5.41) is 8.85. The Balaban J connectivity index is 2.35. The summed E-state index contributed by atoms with van der Waals surface area (Å²) in [4.78, 5) is 28.7. The molecule has 0 spiro atoms. The lowest BCUT2D eigenvalue weighted by Gasteiger charge is -2.16. The van der Waals surface area contributed by atoms with Gasteiger partial charge >= 0.3 is 5.97 Å². The number of terminal acetylenes is 1. The Bertz CT molecular complexity index is 774. The molecule has 0 aromatic carbocycles. The number of aromatic nitrogens is 2. The third-order valence-electron chi connectivity index (χ3n) is 2.94. The molecule has 0 radical (unpaired) electrons. The fourth-order valence-corrected chi connectivity index (χ4v) is 2.05. The van der Waals surface area contributed by atoms with Crippen molar-refractivity contribution in [2.45, 2.75) is 13.5 Å². The van der Waals surface area contributed by atoms with Crippen molar-refractivity contribution in [3.8, 4) is 12.3 Å². The first-order chi connectivity index (χ1) is 9.99. The Morgan fingerprint density at radius 3 is 2.95 bits per heavy atom. The smallest absolute Gasteiger partial charge is 0.317 e. The minimum atomic E-state index is -0.974. The summed E-state index contributed by atoms with van der Waals surface area (Å²) < 4.78 is 1.44. The molecular formula is C15H15N3O3. The summed E-state index contributed by atoms with van der Waals surface area (Å²) in [5.74, 6) is 1.43. The summed E-state index contributed by atoms with van der Waals surface area (Å²) in [6, 6.07) is 5.02. The largest absolute Gasteiger partial charge is 0.480 e. The molecule has 0 fully saturated rings. The van der Waals surface area contributed by atoms with Gasteiger partial charge in [-0.05, 0) is 24.6 Å². The molecule has 0 unspecified atom stereocenters. The van der Waals surface area contributed by atoms with Crippen LogP contribution in [-0.2, 0) is 11.3 Å². The third kappa shape index (κ3) is 3.68. The van der Waals surface area contributed by atoms with Gasteiger partial charge in [-0.1, -0.05) is 5.92 Å². The first-order valence-electron chi connectivity index (χ1n) is 6.36. The molecule has 108 valence electrons. The summed E-state index contributed by atoms with van der Waals surface area (Å²) in [6.07, 6.45) is 6.90. The van der Waals surface area contributed by atoms with Crippen molar-refractivity contribution in [1.82, 2.24) is 14.3 Å². The second kappa shape index (κ2) is 6.20. The Morgan fingerprint density at radius 2 is 2.29 bits per heavy atom. The predicted octanol–water partition coefficient (Wildman–Crippen LogP) is 0.523. The highest BCUT2D eigenvalue weighted by Gasteiger charge is 2.11. The minimum Gasteiger partial charge on any atom is -0.480 e. The second-order valence-corrected chi connectivity index (χ2v) is 4.76. The van der Waals surface area contributed by atoms with Crippen LogP contribution in [0.3, 0.4) is 0 Å². The monoisotopic (exact) mass is 285 g/mol. The minimum absolute atomic E-state index is 0.182. The molecule has 0 saturated carbocycles. The highest BCUT2D eigenvalue weighted by atomic mass is 16.4. The number of fused-ring (bicyclic) bond motifs is 1. The first kappa shape index (κ1) is 14.8. The number of carbonyl (C=O) groups is 1. The van der Waals surface area contributed by atoms with E-state index in [1.54, 1.807) is 12.3 Å². The Kier molecular flexibility index (Phi) is 4.36. The van der Waals surface area contributed by atoms with Crippen LogP contribution in [0.4, 0.5) is 0 Å². The van der Waals surface area contributed by atoms with Crippen LogP contribution < -0.4 is 5.56 Å². The molecule has 0 saturated heterocycles. The topological polar surface area (TPSA) is 74.9 Å². The summed E-state index contributed by atoms with van der Waals surface area (Å²) in [7, 11) is 0. The maximum absolute atomic E-state index is 12.0. The van der Waals surface area contributed by atoms with E-state index >= 15 is 0 Å². The molecule has 2 rings (SSSR count). The molecular weight excluding hydrogens is 270 g/mol. The average molecular weight is 285 g/mol. The second-order valence-electron chi connectivity index (χ2n) is 4.76. The standard InChI is InChI=1S/C15H15N3O3/c1-3-5-17(10-15(20)21)9-12-8-14(19)18-6-4-11(2)7-13(18)16-12/h1,4,6-8H,5,9-10H2,2H3,(H,20,21). The number of hydrogen-bond acceptors (Lipinski definition) is 4. The molecule has 2 heterocycles. The molecule has 2 aromatic heterocycles. The van der Waals surface area contributed by atoms with Gasteiger partial charge in [0.1, 0.15) is 5.65 Å². The molecule has 0 aliphatic heterocycles. The zero-order valence-electron chi connectivity index (χ0n) is 11.6. The number of pyridine rings is 1. The van der Waals surface area contributed by atoms with Crippen molar-refractivity contribution in [2.24, 2.45) is 0 Å². The van der Waals surface area contributed by atoms with E-state index in [1.807, 2.05) is 13.0 Å². The molecule has 21 heavy (non-hydrogen) atoms. The van der Waals surface area contributed by atoms with Crippen LogP contribution in [0.2, 0.25) is 0 Å². The first-order valence-corrected chi connectivity index (χ1v) is 6.36. The number of carboxylic acid groups (broad SMARTS) is 1. The van der Waals surface area contributed by atoms with Crippen LogP contribution in [0.15, 0.2) is 29.2 Å². The number of hydrogen-bond donors (Lipinski definition) is 1. The maximum atomic E-state index is 12.0. The van der Waals surface area contributed by atoms with E-state index in [0.717, 1.165) is 5.56 Å². The number of rotatable bonds is 5. The van der Waals surface area contributed by atoms with Crippen molar-refractivity contribution in [1.29, 1.82) is 0 Å².